The number of hydrogen-bond acceptors (Lipinski definition) is 2. The number of carbonyl (C=O) groups is 1. The molecule has 1 heterocycles. The van der Waals surface area contributed by atoms with Gasteiger partial charge < -0.3 is 10.6 Å². The molecule has 1 aromatic rings. The van der Waals surface area contributed by atoms with Gasteiger partial charge in [0, 0.05) is 19.2 Å². The van der Waals surface area contributed by atoms with Crippen molar-refractivity contribution in [2.45, 2.75) is 25.7 Å². The second-order valence-corrected chi connectivity index (χ2v) is 5.09. The van der Waals surface area contributed by atoms with Gasteiger partial charge in [0.05, 0.1) is 10.4 Å². The molecule has 2 rings (SSSR count). The molecule has 0 saturated carbocycles. The summed E-state index contributed by atoms with van der Waals surface area (Å²) >= 11 is 5.38. The summed E-state index contributed by atoms with van der Waals surface area (Å²) in [7, 11) is 1.65. The Balaban J connectivity index is 2.45. The average molecular weight is 248 g/mol. The summed E-state index contributed by atoms with van der Waals surface area (Å²) in [6, 6.07) is 6.16. The average Bonchev–Trinajstić information content (AvgIpc) is 2.52. The van der Waals surface area contributed by atoms with Crippen molar-refractivity contribution >= 4 is 28.8 Å². The van der Waals surface area contributed by atoms with Crippen LogP contribution in [0.1, 0.15) is 24.5 Å². The molecule has 2 N–H and O–H groups in total. The van der Waals surface area contributed by atoms with Crippen LogP contribution >= 0.6 is 12.2 Å². The molecule has 0 fully saturated rings. The van der Waals surface area contributed by atoms with E-state index in [4.69, 9.17) is 12.2 Å². The van der Waals surface area contributed by atoms with E-state index in [2.05, 4.69) is 16.7 Å². The summed E-state index contributed by atoms with van der Waals surface area (Å²) in [6.07, 6.45) is 0.381. The van der Waals surface area contributed by atoms with E-state index in [1.165, 1.54) is 5.56 Å². The van der Waals surface area contributed by atoms with E-state index in [1.54, 1.807) is 7.05 Å². The van der Waals surface area contributed by atoms with Crippen molar-refractivity contribution in [3.63, 3.8) is 0 Å². The summed E-state index contributed by atoms with van der Waals surface area (Å²) in [5, 5.41) is 5.85. The normalized spacial score (nSPS) is 21.9. The van der Waals surface area contributed by atoms with Crippen molar-refractivity contribution in [1.82, 2.24) is 5.32 Å². The molecule has 90 valence electrons. The Hall–Kier alpha value is -1.42. The van der Waals surface area contributed by atoms with Gasteiger partial charge in [-0.25, -0.2) is 0 Å². The molecule has 4 heteroatoms. The van der Waals surface area contributed by atoms with Gasteiger partial charge in [0.1, 0.15) is 0 Å². The van der Waals surface area contributed by atoms with Gasteiger partial charge in [0.25, 0.3) is 0 Å². The molecule has 0 saturated heterocycles. The minimum absolute atomic E-state index is 0.00556. The number of aryl methyl sites for hydroxylation is 1. The maximum atomic E-state index is 11.6. The van der Waals surface area contributed by atoms with Crippen LogP contribution in [0, 0.1) is 6.92 Å². The fraction of sp³-hybridized carbons (Fsp3) is 0.385. The highest BCUT2D eigenvalue weighted by Gasteiger charge is 2.40. The predicted octanol–water partition coefficient (Wildman–Crippen LogP) is 2.14. The zero-order valence-corrected chi connectivity index (χ0v) is 11.1. The first-order chi connectivity index (χ1) is 7.97. The maximum Gasteiger partial charge on any atom is 0.221 e. The van der Waals surface area contributed by atoms with Crippen molar-refractivity contribution in [2.24, 2.45) is 0 Å². The number of carbonyl (C=O) groups excluding carboxylic acids is 1. The van der Waals surface area contributed by atoms with E-state index < -0.39 is 5.41 Å². The third-order valence-electron chi connectivity index (χ3n) is 3.31. The Morgan fingerprint density at radius 1 is 1.53 bits per heavy atom. The highest BCUT2D eigenvalue weighted by Crippen LogP contribution is 2.41. The number of nitrogens with one attached hydrogen (secondary N) is 2. The number of rotatable bonds is 2. The summed E-state index contributed by atoms with van der Waals surface area (Å²) in [5.41, 5.74) is 2.92. The van der Waals surface area contributed by atoms with Crippen LogP contribution in [-0.2, 0) is 10.2 Å². The number of hydrogen-bond donors (Lipinski definition) is 2. The lowest BCUT2D eigenvalue weighted by Gasteiger charge is -2.23. The second kappa shape index (κ2) is 4.11. The topological polar surface area (TPSA) is 41.1 Å². The van der Waals surface area contributed by atoms with Gasteiger partial charge in [-0.15, -0.1) is 0 Å². The molecule has 1 aliphatic rings. The molecular weight excluding hydrogens is 232 g/mol. The molecule has 0 aromatic heterocycles. The van der Waals surface area contributed by atoms with Gasteiger partial charge in [-0.2, -0.15) is 0 Å². The van der Waals surface area contributed by atoms with E-state index in [-0.39, 0.29) is 5.91 Å². The van der Waals surface area contributed by atoms with E-state index >= 15 is 0 Å². The van der Waals surface area contributed by atoms with Crippen LogP contribution in [-0.4, -0.2) is 17.9 Å². The lowest BCUT2D eigenvalue weighted by Crippen LogP contribution is -2.35. The molecule has 0 radical (unpaired) electrons. The highest BCUT2D eigenvalue weighted by atomic mass is 32.1. The molecule has 1 aromatic carbocycles. The van der Waals surface area contributed by atoms with Gasteiger partial charge in [0.15, 0.2) is 0 Å². The molecule has 1 aliphatic heterocycles. The van der Waals surface area contributed by atoms with Crippen LogP contribution < -0.4 is 10.6 Å². The Bertz CT molecular complexity index is 498. The first-order valence-electron chi connectivity index (χ1n) is 5.60. The van der Waals surface area contributed by atoms with E-state index in [1.807, 2.05) is 26.0 Å². The Morgan fingerprint density at radius 3 is 2.88 bits per heavy atom. The predicted molar refractivity (Wildman–Crippen MR) is 73.4 cm³/mol. The minimum Gasteiger partial charge on any atom is -0.359 e. The van der Waals surface area contributed by atoms with Crippen LogP contribution in [0.2, 0.25) is 0 Å². The highest BCUT2D eigenvalue weighted by molar-refractivity contribution is 7.80. The van der Waals surface area contributed by atoms with Crippen molar-refractivity contribution in [3.8, 4) is 0 Å². The molecule has 3 nitrogen and oxygen atoms in total. The molecule has 17 heavy (non-hydrogen) atoms. The maximum absolute atomic E-state index is 11.6. The fourth-order valence-electron chi connectivity index (χ4n) is 2.19. The van der Waals surface area contributed by atoms with E-state index in [0.717, 1.165) is 16.2 Å². The summed E-state index contributed by atoms with van der Waals surface area (Å²) in [5.74, 6) is 0.00556. The van der Waals surface area contributed by atoms with E-state index in [0.29, 0.717) is 6.42 Å². The van der Waals surface area contributed by atoms with Crippen LogP contribution in [0.15, 0.2) is 18.2 Å². The second-order valence-electron chi connectivity index (χ2n) is 4.69. The van der Waals surface area contributed by atoms with Crippen molar-refractivity contribution in [3.05, 3.63) is 29.3 Å². The molecule has 0 spiro atoms. The van der Waals surface area contributed by atoms with Crippen LogP contribution in [0.5, 0.6) is 0 Å². The monoisotopic (exact) mass is 248 g/mol. The van der Waals surface area contributed by atoms with Gasteiger partial charge in [-0.3, -0.25) is 4.79 Å². The van der Waals surface area contributed by atoms with Crippen LogP contribution in [0.3, 0.4) is 0 Å². The lowest BCUT2D eigenvalue weighted by atomic mass is 9.80. The molecular formula is C13H16N2OS. The van der Waals surface area contributed by atoms with E-state index in [9.17, 15) is 4.79 Å². The van der Waals surface area contributed by atoms with Crippen molar-refractivity contribution < 1.29 is 4.79 Å². The largest absolute Gasteiger partial charge is 0.359 e. The third kappa shape index (κ3) is 1.93. The van der Waals surface area contributed by atoms with Crippen LogP contribution in [0.4, 0.5) is 5.69 Å². The molecule has 0 bridgehead atoms. The Kier molecular flexibility index (Phi) is 2.91. The Labute approximate surface area is 107 Å². The first kappa shape index (κ1) is 12.0. The molecule has 1 unspecified atom stereocenters. The first-order valence-corrected chi connectivity index (χ1v) is 6.01. The fourth-order valence-corrected chi connectivity index (χ4v) is 2.48. The Morgan fingerprint density at radius 2 is 2.24 bits per heavy atom. The van der Waals surface area contributed by atoms with Crippen LogP contribution in [0.25, 0.3) is 0 Å². The number of anilines is 1. The lowest BCUT2D eigenvalue weighted by molar-refractivity contribution is -0.121. The molecule has 0 aliphatic carbocycles. The van der Waals surface area contributed by atoms with Crippen molar-refractivity contribution in [1.29, 1.82) is 0 Å². The molecule has 1 atom stereocenters. The van der Waals surface area contributed by atoms with Gasteiger partial charge >= 0.3 is 0 Å². The quantitative estimate of drug-likeness (QED) is 0.788. The molecule has 1 amide bonds. The zero-order valence-electron chi connectivity index (χ0n) is 10.3. The minimum atomic E-state index is -0.392. The number of amides is 1. The van der Waals surface area contributed by atoms with Gasteiger partial charge in [-0.05, 0) is 25.5 Å². The standard InChI is InChI=1S/C13H16N2OS/c1-8-4-5-10-9(6-8)13(2,12(17)15-10)7-11(16)14-3/h4-6H,7H2,1-3H3,(H,14,16)(H,15,17). The number of thiocarbonyl (C=S) groups is 1. The van der Waals surface area contributed by atoms with Gasteiger partial charge in [-0.1, -0.05) is 29.9 Å². The smallest absolute Gasteiger partial charge is 0.221 e. The number of fused-ring (bicyclic) bond motifs is 1. The van der Waals surface area contributed by atoms with Gasteiger partial charge in [0.2, 0.25) is 5.91 Å². The summed E-state index contributed by atoms with van der Waals surface area (Å²) in [4.78, 5) is 12.3. The summed E-state index contributed by atoms with van der Waals surface area (Å²) in [6.45, 7) is 4.06. The number of benzene rings is 1. The summed E-state index contributed by atoms with van der Waals surface area (Å²) < 4.78 is 0. The zero-order chi connectivity index (χ0) is 12.6. The SMILES string of the molecule is CNC(=O)CC1(C)C(=S)Nc2ccc(C)cc21. The third-order valence-corrected chi connectivity index (χ3v) is 3.86. The van der Waals surface area contributed by atoms with Crippen molar-refractivity contribution in [2.75, 3.05) is 12.4 Å².